The summed E-state index contributed by atoms with van der Waals surface area (Å²) in [7, 11) is 0. The molecule has 0 saturated heterocycles. The molecule has 4 rings (SSSR count). The monoisotopic (exact) mass is 413 g/mol. The van der Waals surface area contributed by atoms with E-state index in [0.717, 1.165) is 5.56 Å². The molecule has 3 aromatic carbocycles. The predicted octanol–water partition coefficient (Wildman–Crippen LogP) is 5.64. The molecule has 1 aromatic heterocycles. The van der Waals surface area contributed by atoms with Crippen LogP contribution in [0.15, 0.2) is 78.9 Å². The summed E-state index contributed by atoms with van der Waals surface area (Å²) < 4.78 is 14.0. The first-order valence-electron chi connectivity index (χ1n) is 9.91. The Morgan fingerprint density at radius 1 is 0.903 bits per heavy atom. The van der Waals surface area contributed by atoms with Gasteiger partial charge in [0.25, 0.3) is 5.91 Å². The van der Waals surface area contributed by atoms with Crippen molar-refractivity contribution < 1.29 is 14.0 Å². The molecule has 0 saturated carbocycles. The van der Waals surface area contributed by atoms with Crippen LogP contribution in [0.2, 0.25) is 0 Å². The van der Waals surface area contributed by atoms with Crippen LogP contribution in [0.3, 0.4) is 0 Å². The minimum atomic E-state index is -0.501. The van der Waals surface area contributed by atoms with Crippen molar-refractivity contribution in [2.75, 3.05) is 10.6 Å². The van der Waals surface area contributed by atoms with Gasteiger partial charge in [-0.05, 0) is 36.4 Å². The van der Waals surface area contributed by atoms with Gasteiger partial charge in [0.2, 0.25) is 5.91 Å². The molecule has 0 atom stereocenters. The smallest absolute Gasteiger partial charge is 0.256 e. The molecule has 0 aliphatic heterocycles. The Balaban J connectivity index is 1.72. The van der Waals surface area contributed by atoms with E-state index >= 15 is 0 Å². The lowest BCUT2D eigenvalue weighted by Gasteiger charge is -2.11. The van der Waals surface area contributed by atoms with Crippen molar-refractivity contribution in [2.24, 2.45) is 0 Å². The number of para-hydroxylation sites is 2. The number of nitrogens with zero attached hydrogens (tertiary/aromatic N) is 1. The Labute approximate surface area is 178 Å². The summed E-state index contributed by atoms with van der Waals surface area (Å²) >= 11 is 0. The topological polar surface area (TPSA) is 71.1 Å². The number of fused-ring (bicyclic) bond motifs is 1. The molecule has 0 aliphatic rings. The first kappa shape index (κ1) is 20.2. The van der Waals surface area contributed by atoms with Crippen molar-refractivity contribution >= 4 is 34.1 Å². The third-order valence-electron chi connectivity index (χ3n) is 4.87. The van der Waals surface area contributed by atoms with E-state index in [4.69, 9.17) is 0 Å². The number of benzene rings is 3. The molecule has 0 bridgehead atoms. The average Bonchev–Trinajstić information content (AvgIpc) is 2.80. The summed E-state index contributed by atoms with van der Waals surface area (Å²) in [5, 5.41) is 6.12. The van der Waals surface area contributed by atoms with Crippen LogP contribution in [0.1, 0.15) is 23.7 Å². The highest BCUT2D eigenvalue weighted by atomic mass is 19.1. The second kappa shape index (κ2) is 8.75. The maximum absolute atomic E-state index is 14.0. The van der Waals surface area contributed by atoms with Gasteiger partial charge in [-0.2, -0.15) is 0 Å². The fourth-order valence-electron chi connectivity index (χ4n) is 3.24. The molecule has 0 aliphatic carbocycles. The second-order valence-electron chi connectivity index (χ2n) is 6.99. The average molecular weight is 413 g/mol. The van der Waals surface area contributed by atoms with E-state index in [9.17, 15) is 14.0 Å². The second-order valence-corrected chi connectivity index (χ2v) is 6.99. The van der Waals surface area contributed by atoms with Gasteiger partial charge < -0.3 is 10.6 Å². The highest BCUT2D eigenvalue weighted by Gasteiger charge is 2.15. The van der Waals surface area contributed by atoms with E-state index in [0.29, 0.717) is 34.3 Å². The molecule has 2 N–H and O–H groups in total. The van der Waals surface area contributed by atoms with Crippen molar-refractivity contribution in [2.45, 2.75) is 13.3 Å². The lowest BCUT2D eigenvalue weighted by Crippen LogP contribution is -2.14. The molecule has 4 aromatic rings. The van der Waals surface area contributed by atoms with Gasteiger partial charge in [0.1, 0.15) is 5.82 Å². The third kappa shape index (κ3) is 4.43. The van der Waals surface area contributed by atoms with Gasteiger partial charge in [0.15, 0.2) is 0 Å². The molecule has 0 spiro atoms. The van der Waals surface area contributed by atoms with Crippen LogP contribution in [0.25, 0.3) is 22.2 Å². The normalized spacial score (nSPS) is 10.6. The molecular weight excluding hydrogens is 393 g/mol. The van der Waals surface area contributed by atoms with Crippen molar-refractivity contribution in [3.63, 3.8) is 0 Å². The van der Waals surface area contributed by atoms with Crippen LogP contribution in [-0.4, -0.2) is 16.8 Å². The zero-order chi connectivity index (χ0) is 21.8. The lowest BCUT2D eigenvalue weighted by molar-refractivity contribution is -0.115. The molecule has 0 radical (unpaired) electrons. The molecule has 0 fully saturated rings. The van der Waals surface area contributed by atoms with Gasteiger partial charge in [-0.25, -0.2) is 9.37 Å². The van der Waals surface area contributed by atoms with Gasteiger partial charge >= 0.3 is 0 Å². The van der Waals surface area contributed by atoms with Gasteiger partial charge in [-0.1, -0.05) is 49.4 Å². The lowest BCUT2D eigenvalue weighted by atomic mass is 10.0. The Kier molecular flexibility index (Phi) is 5.71. The molecule has 5 nitrogen and oxygen atoms in total. The van der Waals surface area contributed by atoms with E-state index in [1.54, 1.807) is 37.3 Å². The van der Waals surface area contributed by atoms with E-state index in [1.807, 2.05) is 36.4 Å². The predicted molar refractivity (Wildman–Crippen MR) is 120 cm³/mol. The summed E-state index contributed by atoms with van der Waals surface area (Å²) in [5.74, 6) is -0.986. The summed E-state index contributed by atoms with van der Waals surface area (Å²) in [6, 6.07) is 22.3. The zero-order valence-electron chi connectivity index (χ0n) is 16.9. The molecule has 31 heavy (non-hydrogen) atoms. The van der Waals surface area contributed by atoms with E-state index in [1.165, 1.54) is 12.1 Å². The molecule has 2 amide bonds. The van der Waals surface area contributed by atoms with Crippen LogP contribution >= 0.6 is 0 Å². The van der Waals surface area contributed by atoms with Crippen molar-refractivity contribution in [1.82, 2.24) is 4.98 Å². The summed E-state index contributed by atoms with van der Waals surface area (Å²) in [6.07, 6.45) is 0.397. The summed E-state index contributed by atoms with van der Waals surface area (Å²) in [5.41, 5.74) is 3.25. The minimum Gasteiger partial charge on any atom is -0.326 e. The van der Waals surface area contributed by atoms with E-state index in [-0.39, 0.29) is 11.6 Å². The Bertz CT molecular complexity index is 1270. The number of pyridine rings is 1. The van der Waals surface area contributed by atoms with Crippen LogP contribution in [0.5, 0.6) is 0 Å². The van der Waals surface area contributed by atoms with E-state index in [2.05, 4.69) is 15.6 Å². The number of nitrogens with one attached hydrogen (secondary N) is 2. The van der Waals surface area contributed by atoms with Crippen molar-refractivity contribution in [3.05, 3.63) is 90.2 Å². The van der Waals surface area contributed by atoms with Gasteiger partial charge in [-0.3, -0.25) is 9.59 Å². The fraction of sp³-hybridized carbons (Fsp3) is 0.0800. The third-order valence-corrected chi connectivity index (χ3v) is 4.87. The first-order valence-corrected chi connectivity index (χ1v) is 9.91. The first-order chi connectivity index (χ1) is 15.0. The minimum absolute atomic E-state index is 0.0660. The zero-order valence-corrected chi connectivity index (χ0v) is 16.9. The number of amides is 2. The van der Waals surface area contributed by atoms with Gasteiger partial charge in [0.05, 0.1) is 22.5 Å². The number of hydrogen-bond donors (Lipinski definition) is 2. The van der Waals surface area contributed by atoms with E-state index < -0.39 is 11.7 Å². The van der Waals surface area contributed by atoms with Gasteiger partial charge in [-0.15, -0.1) is 0 Å². The fourth-order valence-corrected chi connectivity index (χ4v) is 3.24. The van der Waals surface area contributed by atoms with Crippen LogP contribution in [-0.2, 0) is 4.79 Å². The molecular formula is C25H20FN3O2. The summed E-state index contributed by atoms with van der Waals surface area (Å²) in [6.45, 7) is 1.79. The molecule has 1 heterocycles. The Morgan fingerprint density at radius 3 is 2.35 bits per heavy atom. The standard InChI is InChI=1S/C25H20FN3O2/c1-2-24(30)27-17-13-11-16(12-14-17)23-15-19(18-7-3-5-9-21(18)28-23)25(31)29-22-10-6-4-8-20(22)26/h3-15H,2H2,1H3,(H,27,30)(H,29,31). The Morgan fingerprint density at radius 2 is 1.61 bits per heavy atom. The van der Waals surface area contributed by atoms with Crippen LogP contribution in [0.4, 0.5) is 15.8 Å². The number of rotatable bonds is 5. The highest BCUT2D eigenvalue weighted by molar-refractivity contribution is 6.13. The van der Waals surface area contributed by atoms with Crippen molar-refractivity contribution in [3.8, 4) is 11.3 Å². The quantitative estimate of drug-likeness (QED) is 0.445. The number of carbonyl (C=O) groups is 2. The van der Waals surface area contributed by atoms with Crippen LogP contribution in [0, 0.1) is 5.82 Å². The molecule has 154 valence electrons. The van der Waals surface area contributed by atoms with Crippen LogP contribution < -0.4 is 10.6 Å². The number of halogens is 1. The maximum atomic E-state index is 14.0. The number of aromatic nitrogens is 1. The highest BCUT2D eigenvalue weighted by Crippen LogP contribution is 2.27. The number of hydrogen-bond acceptors (Lipinski definition) is 3. The largest absolute Gasteiger partial charge is 0.326 e. The van der Waals surface area contributed by atoms with Crippen molar-refractivity contribution in [1.29, 1.82) is 0 Å². The number of carbonyl (C=O) groups excluding carboxylic acids is 2. The van der Waals surface area contributed by atoms with Gasteiger partial charge in [0, 0.05) is 23.1 Å². The SMILES string of the molecule is CCC(=O)Nc1ccc(-c2cc(C(=O)Nc3ccccc3F)c3ccccc3n2)cc1. The number of anilines is 2. The maximum Gasteiger partial charge on any atom is 0.256 e. The summed E-state index contributed by atoms with van der Waals surface area (Å²) in [4.78, 5) is 29.3. The Hall–Kier alpha value is -4.06. The molecule has 0 unspecified atom stereocenters. The molecule has 6 heteroatoms.